The van der Waals surface area contributed by atoms with Gasteiger partial charge in [-0.25, -0.2) is 18.7 Å². The van der Waals surface area contributed by atoms with Crippen molar-refractivity contribution < 1.29 is 8.78 Å². The molecule has 0 N–H and O–H groups in total. The van der Waals surface area contributed by atoms with Crippen LogP contribution in [-0.2, 0) is 5.41 Å². The summed E-state index contributed by atoms with van der Waals surface area (Å²) in [5, 5.41) is 0. The fourth-order valence-corrected chi connectivity index (χ4v) is 4.14. The second-order valence-electron chi connectivity index (χ2n) is 7.18. The van der Waals surface area contributed by atoms with Crippen molar-refractivity contribution in [2.75, 3.05) is 9.80 Å². The van der Waals surface area contributed by atoms with Crippen LogP contribution in [0.1, 0.15) is 19.4 Å². The molecule has 1 aromatic heterocycles. The average Bonchev–Trinajstić information content (AvgIpc) is 3.08. The van der Waals surface area contributed by atoms with Crippen molar-refractivity contribution >= 4 is 23.0 Å². The zero-order valence-corrected chi connectivity index (χ0v) is 14.3. The van der Waals surface area contributed by atoms with E-state index >= 15 is 0 Å². The first kappa shape index (κ1) is 15.3. The topological polar surface area (TPSA) is 32.3 Å². The van der Waals surface area contributed by atoms with Crippen LogP contribution in [0.2, 0.25) is 0 Å². The van der Waals surface area contributed by atoms with Crippen LogP contribution in [0.4, 0.5) is 31.8 Å². The van der Waals surface area contributed by atoms with Crippen LogP contribution in [0.25, 0.3) is 0 Å². The molecule has 26 heavy (non-hydrogen) atoms. The predicted octanol–water partition coefficient (Wildman–Crippen LogP) is 4.66. The molecule has 0 saturated carbocycles. The lowest BCUT2D eigenvalue weighted by atomic mass is 9.83. The summed E-state index contributed by atoms with van der Waals surface area (Å²) in [7, 11) is 0. The summed E-state index contributed by atoms with van der Waals surface area (Å²) in [6.07, 6.45) is 3.14. The van der Waals surface area contributed by atoms with Gasteiger partial charge in [-0.15, -0.1) is 0 Å². The molecule has 0 bridgehead atoms. The maximum atomic E-state index is 13.9. The van der Waals surface area contributed by atoms with Gasteiger partial charge in [0.25, 0.3) is 0 Å². The van der Waals surface area contributed by atoms with Crippen molar-refractivity contribution in [2.45, 2.75) is 25.4 Å². The smallest absolute Gasteiger partial charge is 0.178 e. The van der Waals surface area contributed by atoms with Crippen molar-refractivity contribution in [1.29, 1.82) is 0 Å². The van der Waals surface area contributed by atoms with Gasteiger partial charge in [0.15, 0.2) is 11.6 Å². The van der Waals surface area contributed by atoms with Gasteiger partial charge in [0.05, 0.1) is 0 Å². The van der Waals surface area contributed by atoms with Gasteiger partial charge in [-0.1, -0.05) is 13.8 Å². The second-order valence-corrected chi connectivity index (χ2v) is 7.18. The molecular weight excluding hydrogens is 334 g/mol. The number of rotatable bonds is 1. The summed E-state index contributed by atoms with van der Waals surface area (Å²) in [6.45, 7) is 4.16. The molecule has 0 aliphatic carbocycles. The molecule has 0 fully saturated rings. The lowest BCUT2D eigenvalue weighted by molar-refractivity contribution is 0.447. The molecule has 0 radical (unpaired) electrons. The molecule has 0 amide bonds. The zero-order chi connectivity index (χ0) is 18.1. The molecule has 3 heterocycles. The highest BCUT2D eigenvalue weighted by Gasteiger charge is 2.54. The SMILES string of the molecule is CC1(C)c2cc(F)ccc2N2c3nccnc3N(c3ccc(F)cc3)C21. The Bertz CT molecular complexity index is 1000. The zero-order valence-electron chi connectivity index (χ0n) is 14.3. The van der Waals surface area contributed by atoms with Crippen LogP contribution in [-0.4, -0.2) is 16.1 Å². The van der Waals surface area contributed by atoms with Crippen molar-refractivity contribution in [3.8, 4) is 0 Å². The monoisotopic (exact) mass is 350 g/mol. The molecule has 2 aromatic carbocycles. The van der Waals surface area contributed by atoms with Gasteiger partial charge < -0.3 is 9.80 Å². The van der Waals surface area contributed by atoms with Gasteiger partial charge in [0.1, 0.15) is 17.8 Å². The number of aromatic nitrogens is 2. The minimum atomic E-state index is -0.395. The third-order valence-electron chi connectivity index (χ3n) is 5.27. The minimum absolute atomic E-state index is 0.165. The third kappa shape index (κ3) is 1.87. The maximum Gasteiger partial charge on any atom is 0.178 e. The Morgan fingerprint density at radius 2 is 1.46 bits per heavy atom. The summed E-state index contributed by atoms with van der Waals surface area (Å²) < 4.78 is 27.4. The maximum absolute atomic E-state index is 13.9. The predicted molar refractivity (Wildman–Crippen MR) is 95.9 cm³/mol. The van der Waals surface area contributed by atoms with Crippen molar-refractivity contribution in [3.63, 3.8) is 0 Å². The molecule has 130 valence electrons. The van der Waals surface area contributed by atoms with Gasteiger partial charge in [-0.3, -0.25) is 0 Å². The molecule has 6 heteroatoms. The normalized spacial score (nSPS) is 19.3. The first-order chi connectivity index (χ1) is 12.5. The largest absolute Gasteiger partial charge is 0.301 e. The van der Waals surface area contributed by atoms with E-state index in [1.807, 2.05) is 0 Å². The van der Waals surface area contributed by atoms with Crippen LogP contribution in [0.5, 0.6) is 0 Å². The number of anilines is 4. The van der Waals surface area contributed by atoms with Gasteiger partial charge in [0.2, 0.25) is 0 Å². The Morgan fingerprint density at radius 1 is 0.846 bits per heavy atom. The third-order valence-corrected chi connectivity index (χ3v) is 5.27. The molecule has 1 unspecified atom stereocenters. The Labute approximate surface area is 149 Å². The number of fused-ring (bicyclic) bond motifs is 5. The Morgan fingerprint density at radius 3 is 2.15 bits per heavy atom. The van der Waals surface area contributed by atoms with Crippen molar-refractivity contribution in [1.82, 2.24) is 9.97 Å². The first-order valence-corrected chi connectivity index (χ1v) is 8.43. The van der Waals surface area contributed by atoms with E-state index in [0.717, 1.165) is 22.8 Å². The Hall–Kier alpha value is -3.02. The standard InChI is InChI=1S/C20H16F2N4/c1-20(2)15-11-13(22)5-8-16(15)26-18-17(23-9-10-24-18)25(19(20)26)14-6-3-12(21)4-7-14/h3-11,19H,1-2H3. The molecule has 2 aliphatic rings. The molecule has 0 spiro atoms. The average molecular weight is 350 g/mol. The summed E-state index contributed by atoms with van der Waals surface area (Å²) in [6, 6.07) is 11.2. The molecule has 5 rings (SSSR count). The number of nitrogens with zero attached hydrogens (tertiary/aromatic N) is 4. The van der Waals surface area contributed by atoms with E-state index < -0.39 is 5.41 Å². The summed E-state index contributed by atoms with van der Waals surface area (Å²) in [5.41, 5.74) is 2.27. The van der Waals surface area contributed by atoms with Gasteiger partial charge in [-0.05, 0) is 48.0 Å². The summed E-state index contributed by atoms with van der Waals surface area (Å²) in [4.78, 5) is 13.2. The highest BCUT2D eigenvalue weighted by atomic mass is 19.1. The van der Waals surface area contributed by atoms with E-state index in [-0.39, 0.29) is 17.8 Å². The number of benzene rings is 2. The molecule has 1 atom stereocenters. The molecule has 3 aromatic rings. The molecule has 0 saturated heterocycles. The quantitative estimate of drug-likeness (QED) is 0.639. The van der Waals surface area contributed by atoms with Gasteiger partial charge in [0, 0.05) is 29.2 Å². The fourth-order valence-electron chi connectivity index (χ4n) is 4.14. The van der Waals surface area contributed by atoms with Crippen LogP contribution in [0.3, 0.4) is 0 Å². The van der Waals surface area contributed by atoms with Crippen LogP contribution >= 0.6 is 0 Å². The molecule has 4 nitrogen and oxygen atoms in total. The van der Waals surface area contributed by atoms with Crippen LogP contribution in [0, 0.1) is 11.6 Å². The fraction of sp³-hybridized carbons (Fsp3) is 0.200. The van der Waals surface area contributed by atoms with E-state index in [1.165, 1.54) is 18.2 Å². The number of halogens is 2. The summed E-state index contributed by atoms with van der Waals surface area (Å²) >= 11 is 0. The van der Waals surface area contributed by atoms with Gasteiger partial charge in [-0.2, -0.15) is 0 Å². The molecule has 2 aliphatic heterocycles. The number of hydrogen-bond acceptors (Lipinski definition) is 4. The van der Waals surface area contributed by atoms with E-state index in [4.69, 9.17) is 0 Å². The van der Waals surface area contributed by atoms with E-state index in [9.17, 15) is 8.78 Å². The lowest BCUT2D eigenvalue weighted by Gasteiger charge is -2.36. The second kappa shape index (κ2) is 5.00. The first-order valence-electron chi connectivity index (χ1n) is 8.43. The van der Waals surface area contributed by atoms with E-state index in [1.54, 1.807) is 36.7 Å². The van der Waals surface area contributed by atoms with Gasteiger partial charge >= 0.3 is 0 Å². The van der Waals surface area contributed by atoms with Crippen molar-refractivity contribution in [3.05, 3.63) is 72.1 Å². The van der Waals surface area contributed by atoms with Crippen LogP contribution < -0.4 is 9.80 Å². The Kier molecular flexibility index (Phi) is 2.93. The van der Waals surface area contributed by atoms with E-state index in [0.29, 0.717) is 5.82 Å². The minimum Gasteiger partial charge on any atom is -0.301 e. The highest BCUT2D eigenvalue weighted by Crippen LogP contribution is 2.57. The Balaban J connectivity index is 1.77. The lowest BCUT2D eigenvalue weighted by Crippen LogP contribution is -2.46. The van der Waals surface area contributed by atoms with Crippen molar-refractivity contribution in [2.24, 2.45) is 0 Å². The van der Waals surface area contributed by atoms with Crippen LogP contribution in [0.15, 0.2) is 54.9 Å². The molecular formula is C20H16F2N4. The highest BCUT2D eigenvalue weighted by molar-refractivity contribution is 5.88. The van der Waals surface area contributed by atoms with E-state index in [2.05, 4.69) is 33.6 Å². The summed E-state index contributed by atoms with van der Waals surface area (Å²) in [5.74, 6) is 0.887. The number of hydrogen-bond donors (Lipinski definition) is 0.